The molecule has 0 heteroatoms. The monoisotopic (exact) mass is 168 g/mol. The van der Waals surface area contributed by atoms with E-state index >= 15 is 0 Å². The molecular formula is C12H24. The van der Waals surface area contributed by atoms with Crippen LogP contribution >= 0.6 is 0 Å². The highest BCUT2D eigenvalue weighted by Gasteiger charge is 1.98. The molecule has 0 saturated heterocycles. The van der Waals surface area contributed by atoms with Crippen LogP contribution in [0.15, 0.2) is 11.6 Å². The molecular weight excluding hydrogens is 144 g/mol. The molecule has 0 aliphatic rings. The predicted octanol–water partition coefficient (Wildman–Crippen LogP) is 4.56. The van der Waals surface area contributed by atoms with Crippen LogP contribution in [-0.2, 0) is 0 Å². The van der Waals surface area contributed by atoms with Gasteiger partial charge in [0.05, 0.1) is 0 Å². The van der Waals surface area contributed by atoms with E-state index < -0.39 is 0 Å². The number of hydrogen-bond acceptors (Lipinski definition) is 0. The largest absolute Gasteiger partial charge is 0.0859 e. The molecule has 0 aliphatic carbocycles. The molecule has 1 atom stereocenters. The van der Waals surface area contributed by atoms with Crippen molar-refractivity contribution in [2.45, 2.75) is 59.8 Å². The molecule has 0 fully saturated rings. The molecule has 0 nitrogen and oxygen atoms in total. The Morgan fingerprint density at radius 2 is 1.92 bits per heavy atom. The molecule has 12 heavy (non-hydrogen) atoms. The van der Waals surface area contributed by atoms with E-state index in [0.717, 1.165) is 5.92 Å². The van der Waals surface area contributed by atoms with Crippen LogP contribution in [0.25, 0.3) is 0 Å². The molecule has 0 N–H and O–H groups in total. The fourth-order valence-electron chi connectivity index (χ4n) is 1.35. The Labute approximate surface area is 78.1 Å². The summed E-state index contributed by atoms with van der Waals surface area (Å²) in [7, 11) is 0. The minimum atomic E-state index is 0.917. The van der Waals surface area contributed by atoms with Crippen LogP contribution in [-0.4, -0.2) is 0 Å². The third kappa shape index (κ3) is 7.84. The summed E-state index contributed by atoms with van der Waals surface area (Å²) < 4.78 is 0. The first-order chi connectivity index (χ1) is 5.66. The Hall–Kier alpha value is -0.260. The fraction of sp³-hybridized carbons (Fsp3) is 0.833. The van der Waals surface area contributed by atoms with E-state index in [-0.39, 0.29) is 0 Å². The molecule has 0 aliphatic heterocycles. The molecule has 0 amide bonds. The Morgan fingerprint density at radius 3 is 2.42 bits per heavy atom. The van der Waals surface area contributed by atoms with Gasteiger partial charge < -0.3 is 0 Å². The summed E-state index contributed by atoms with van der Waals surface area (Å²) in [5.74, 6) is 0.917. The van der Waals surface area contributed by atoms with Crippen LogP contribution in [0.4, 0.5) is 0 Å². The van der Waals surface area contributed by atoms with E-state index in [0.29, 0.717) is 0 Å². The molecule has 0 spiro atoms. The first-order valence-electron chi connectivity index (χ1n) is 5.30. The van der Waals surface area contributed by atoms with Gasteiger partial charge in [-0.15, -0.1) is 0 Å². The zero-order valence-corrected chi connectivity index (χ0v) is 9.19. The van der Waals surface area contributed by atoms with E-state index in [9.17, 15) is 0 Å². The van der Waals surface area contributed by atoms with Crippen LogP contribution in [0, 0.1) is 5.92 Å². The van der Waals surface area contributed by atoms with Gasteiger partial charge in [-0.25, -0.2) is 0 Å². The van der Waals surface area contributed by atoms with Crippen molar-refractivity contribution in [1.29, 1.82) is 0 Å². The van der Waals surface area contributed by atoms with Crippen LogP contribution < -0.4 is 0 Å². The van der Waals surface area contributed by atoms with Gasteiger partial charge in [-0.2, -0.15) is 0 Å². The molecule has 0 unspecified atom stereocenters. The van der Waals surface area contributed by atoms with Gasteiger partial charge in [0, 0.05) is 0 Å². The Morgan fingerprint density at radius 1 is 1.25 bits per heavy atom. The van der Waals surface area contributed by atoms with Gasteiger partial charge in [0.1, 0.15) is 0 Å². The smallest absolute Gasteiger partial charge is 0.0346 e. The van der Waals surface area contributed by atoms with Crippen LogP contribution in [0.3, 0.4) is 0 Å². The van der Waals surface area contributed by atoms with Gasteiger partial charge in [0.2, 0.25) is 0 Å². The summed E-state index contributed by atoms with van der Waals surface area (Å²) >= 11 is 0. The lowest BCUT2D eigenvalue weighted by atomic mass is 9.98. The van der Waals surface area contributed by atoms with E-state index in [2.05, 4.69) is 33.8 Å². The zero-order valence-electron chi connectivity index (χ0n) is 9.19. The van der Waals surface area contributed by atoms with E-state index in [1.54, 1.807) is 0 Å². The molecule has 72 valence electrons. The Kier molecular flexibility index (Phi) is 7.23. The topological polar surface area (TPSA) is 0 Å². The quantitative estimate of drug-likeness (QED) is 0.510. The highest BCUT2D eigenvalue weighted by Crippen LogP contribution is 2.14. The summed E-state index contributed by atoms with van der Waals surface area (Å²) in [6, 6.07) is 0. The van der Waals surface area contributed by atoms with Gasteiger partial charge in [-0.3, -0.25) is 0 Å². The van der Waals surface area contributed by atoms with Crippen molar-refractivity contribution in [3.05, 3.63) is 11.6 Å². The summed E-state index contributed by atoms with van der Waals surface area (Å²) in [5.41, 5.74) is 1.46. The molecule has 0 saturated carbocycles. The summed E-state index contributed by atoms with van der Waals surface area (Å²) in [6.07, 6.45) is 9.14. The highest BCUT2D eigenvalue weighted by molar-refractivity contribution is 4.92. The maximum absolute atomic E-state index is 2.37. The standard InChI is InChI=1S/C12H24/c1-5-6-9-12(4)10-7-8-11(2)3/h8,12H,5-7,9-10H2,1-4H3/t12-/m1/s1. The minimum absolute atomic E-state index is 0.917. The van der Waals surface area contributed by atoms with Gasteiger partial charge in [0.25, 0.3) is 0 Å². The second-order valence-electron chi connectivity index (χ2n) is 4.11. The Bertz CT molecular complexity index is 118. The normalized spacial score (nSPS) is 12.7. The second-order valence-corrected chi connectivity index (χ2v) is 4.11. The van der Waals surface area contributed by atoms with E-state index in [4.69, 9.17) is 0 Å². The molecule has 0 radical (unpaired) electrons. The Balaban J connectivity index is 3.31. The number of rotatable bonds is 6. The molecule has 0 rings (SSSR count). The minimum Gasteiger partial charge on any atom is -0.0859 e. The maximum Gasteiger partial charge on any atom is -0.0346 e. The fourth-order valence-corrected chi connectivity index (χ4v) is 1.35. The zero-order chi connectivity index (χ0) is 9.40. The van der Waals surface area contributed by atoms with Gasteiger partial charge >= 0.3 is 0 Å². The average Bonchev–Trinajstić information content (AvgIpc) is 2.00. The summed E-state index contributed by atoms with van der Waals surface area (Å²) in [5, 5.41) is 0. The van der Waals surface area contributed by atoms with E-state index in [1.165, 1.54) is 37.7 Å². The third-order valence-corrected chi connectivity index (χ3v) is 2.26. The molecule has 0 aromatic heterocycles. The molecule has 0 bridgehead atoms. The summed E-state index contributed by atoms with van der Waals surface area (Å²) in [4.78, 5) is 0. The van der Waals surface area contributed by atoms with Crippen molar-refractivity contribution in [2.24, 2.45) is 5.92 Å². The van der Waals surface area contributed by atoms with Crippen molar-refractivity contribution >= 4 is 0 Å². The maximum atomic E-state index is 2.37. The van der Waals surface area contributed by atoms with Crippen molar-refractivity contribution < 1.29 is 0 Å². The van der Waals surface area contributed by atoms with Crippen LogP contribution in [0.2, 0.25) is 0 Å². The average molecular weight is 168 g/mol. The lowest BCUT2D eigenvalue weighted by molar-refractivity contribution is 0.475. The number of hydrogen-bond donors (Lipinski definition) is 0. The number of unbranched alkanes of at least 4 members (excludes halogenated alkanes) is 1. The van der Waals surface area contributed by atoms with Gasteiger partial charge in [0.15, 0.2) is 0 Å². The molecule has 0 heterocycles. The summed E-state index contributed by atoms with van der Waals surface area (Å²) in [6.45, 7) is 8.99. The first kappa shape index (κ1) is 11.7. The third-order valence-electron chi connectivity index (χ3n) is 2.26. The second kappa shape index (κ2) is 7.39. The van der Waals surface area contributed by atoms with Gasteiger partial charge in [-0.1, -0.05) is 44.8 Å². The van der Waals surface area contributed by atoms with Crippen molar-refractivity contribution in [1.82, 2.24) is 0 Å². The van der Waals surface area contributed by atoms with Crippen LogP contribution in [0.1, 0.15) is 59.8 Å². The lowest BCUT2D eigenvalue weighted by Gasteiger charge is -2.08. The number of allylic oxidation sites excluding steroid dienone is 2. The van der Waals surface area contributed by atoms with E-state index in [1.807, 2.05) is 0 Å². The van der Waals surface area contributed by atoms with Crippen LogP contribution in [0.5, 0.6) is 0 Å². The van der Waals surface area contributed by atoms with Crippen molar-refractivity contribution in [3.63, 3.8) is 0 Å². The van der Waals surface area contributed by atoms with Gasteiger partial charge in [-0.05, 0) is 32.6 Å². The highest BCUT2D eigenvalue weighted by atomic mass is 14.0. The van der Waals surface area contributed by atoms with Crippen molar-refractivity contribution in [3.8, 4) is 0 Å². The first-order valence-corrected chi connectivity index (χ1v) is 5.30. The van der Waals surface area contributed by atoms with Crippen molar-refractivity contribution in [2.75, 3.05) is 0 Å². The molecule has 0 aromatic carbocycles. The SMILES string of the molecule is CCCC[C@@H](C)CCC=C(C)C. The predicted molar refractivity (Wildman–Crippen MR) is 57.4 cm³/mol. The lowest BCUT2D eigenvalue weighted by Crippen LogP contribution is -1.93. The molecule has 0 aromatic rings.